The minimum atomic E-state index is -0.909. The number of thiazole rings is 1. The van der Waals surface area contributed by atoms with E-state index >= 15 is 0 Å². The fourth-order valence-electron chi connectivity index (χ4n) is 2.21. The maximum Gasteiger partial charge on any atom is 0.272 e. The molecule has 27 heavy (non-hydrogen) atoms. The van der Waals surface area contributed by atoms with Gasteiger partial charge in [-0.05, 0) is 13.0 Å². The Morgan fingerprint density at radius 2 is 2.04 bits per heavy atom. The van der Waals surface area contributed by atoms with Crippen molar-refractivity contribution in [3.05, 3.63) is 69.3 Å². The molecule has 0 radical (unpaired) electrons. The number of carbonyl (C=O) groups is 1. The van der Waals surface area contributed by atoms with Crippen molar-refractivity contribution in [1.29, 1.82) is 0 Å². The van der Waals surface area contributed by atoms with Gasteiger partial charge in [0, 0.05) is 17.0 Å². The van der Waals surface area contributed by atoms with Gasteiger partial charge < -0.3 is 4.74 Å². The topological polar surface area (TPSA) is 94.4 Å². The molecule has 0 unspecified atom stereocenters. The highest BCUT2D eigenvalue weighted by molar-refractivity contribution is 7.14. The summed E-state index contributed by atoms with van der Waals surface area (Å²) in [4.78, 5) is 26.2. The van der Waals surface area contributed by atoms with Gasteiger partial charge in [-0.25, -0.2) is 9.37 Å². The summed E-state index contributed by atoms with van der Waals surface area (Å²) in [6, 6.07) is 10.8. The highest BCUT2D eigenvalue weighted by Crippen LogP contribution is 2.25. The summed E-state index contributed by atoms with van der Waals surface area (Å²) in [5, 5.41) is 15.4. The maximum atomic E-state index is 13.7. The molecule has 7 nitrogen and oxygen atoms in total. The number of anilines is 1. The fraction of sp³-hybridized carbons (Fsp3) is 0.111. The van der Waals surface area contributed by atoms with Crippen molar-refractivity contribution in [2.45, 2.75) is 6.92 Å². The van der Waals surface area contributed by atoms with E-state index in [9.17, 15) is 19.3 Å². The number of carbonyl (C=O) groups excluding carboxylic acids is 1. The first-order chi connectivity index (χ1) is 12.9. The van der Waals surface area contributed by atoms with E-state index in [0.717, 1.165) is 35.0 Å². The lowest BCUT2D eigenvalue weighted by molar-refractivity contribution is -0.385. The van der Waals surface area contributed by atoms with E-state index in [1.54, 1.807) is 0 Å². The van der Waals surface area contributed by atoms with Crippen LogP contribution in [0.5, 0.6) is 5.75 Å². The van der Waals surface area contributed by atoms with Crippen LogP contribution in [0.3, 0.4) is 0 Å². The maximum absolute atomic E-state index is 13.7. The summed E-state index contributed by atoms with van der Waals surface area (Å²) in [6.07, 6.45) is 0. The van der Waals surface area contributed by atoms with Gasteiger partial charge in [0.25, 0.3) is 11.6 Å². The third-order valence-electron chi connectivity index (χ3n) is 3.58. The molecular formula is C18H14FN3O4S. The lowest BCUT2D eigenvalue weighted by Crippen LogP contribution is -2.20. The quantitative estimate of drug-likeness (QED) is 0.506. The molecule has 0 aliphatic rings. The Hall–Kier alpha value is -3.33. The largest absolute Gasteiger partial charge is 0.481 e. The molecular weight excluding hydrogens is 373 g/mol. The Labute approximate surface area is 157 Å². The zero-order valence-corrected chi connectivity index (χ0v) is 15.0. The van der Waals surface area contributed by atoms with Crippen LogP contribution in [-0.4, -0.2) is 22.4 Å². The van der Waals surface area contributed by atoms with E-state index in [0.29, 0.717) is 5.13 Å². The number of nitro benzene ring substituents is 1. The van der Waals surface area contributed by atoms with Gasteiger partial charge in [0.15, 0.2) is 23.3 Å². The Morgan fingerprint density at radius 3 is 2.70 bits per heavy atom. The number of nitrogens with one attached hydrogen (secondary N) is 1. The van der Waals surface area contributed by atoms with Crippen LogP contribution in [0.4, 0.5) is 15.2 Å². The van der Waals surface area contributed by atoms with Crippen LogP contribution in [0.2, 0.25) is 0 Å². The van der Waals surface area contributed by atoms with E-state index < -0.39 is 28.9 Å². The second kappa shape index (κ2) is 7.92. The summed E-state index contributed by atoms with van der Waals surface area (Å²) < 4.78 is 18.8. The molecule has 0 fully saturated rings. The number of amides is 1. The van der Waals surface area contributed by atoms with Crippen molar-refractivity contribution >= 4 is 28.1 Å². The minimum absolute atomic E-state index is 0.241. The SMILES string of the molecule is Cc1ccc(-c2csc(NC(=O)COc3ccc([N+](=O)[O-])cc3F)n2)cc1. The van der Waals surface area contributed by atoms with E-state index in [1.807, 2.05) is 36.6 Å². The van der Waals surface area contributed by atoms with Gasteiger partial charge in [0.05, 0.1) is 16.7 Å². The molecule has 1 amide bonds. The van der Waals surface area contributed by atoms with Crippen molar-refractivity contribution < 1.29 is 18.8 Å². The van der Waals surface area contributed by atoms with Crippen molar-refractivity contribution in [3.8, 4) is 17.0 Å². The highest BCUT2D eigenvalue weighted by Gasteiger charge is 2.14. The number of non-ortho nitro benzene ring substituents is 1. The summed E-state index contributed by atoms with van der Waals surface area (Å²) in [6.45, 7) is 1.54. The molecule has 0 saturated carbocycles. The molecule has 1 N–H and O–H groups in total. The molecule has 138 valence electrons. The number of benzene rings is 2. The van der Waals surface area contributed by atoms with Crippen LogP contribution in [-0.2, 0) is 4.79 Å². The van der Waals surface area contributed by atoms with Gasteiger partial charge in [0.1, 0.15) is 0 Å². The number of aryl methyl sites for hydroxylation is 1. The second-order valence-corrected chi connectivity index (χ2v) is 6.47. The Kier molecular flexibility index (Phi) is 5.41. The number of hydrogen-bond donors (Lipinski definition) is 1. The molecule has 0 atom stereocenters. The monoisotopic (exact) mass is 387 g/mol. The van der Waals surface area contributed by atoms with Crippen LogP contribution in [0, 0.1) is 22.9 Å². The van der Waals surface area contributed by atoms with Crippen LogP contribution in [0.25, 0.3) is 11.3 Å². The number of aromatic nitrogens is 1. The average Bonchev–Trinajstić information content (AvgIpc) is 3.09. The van der Waals surface area contributed by atoms with Crippen molar-refractivity contribution in [3.63, 3.8) is 0 Å². The van der Waals surface area contributed by atoms with Gasteiger partial charge in [-0.1, -0.05) is 29.8 Å². The number of nitro groups is 1. The van der Waals surface area contributed by atoms with Crippen molar-refractivity contribution in [1.82, 2.24) is 4.98 Å². The molecule has 1 heterocycles. The first-order valence-corrected chi connectivity index (χ1v) is 8.69. The van der Waals surface area contributed by atoms with Crippen LogP contribution < -0.4 is 10.1 Å². The molecule has 0 saturated heterocycles. The fourth-order valence-corrected chi connectivity index (χ4v) is 2.94. The first kappa shape index (κ1) is 18.5. The summed E-state index contributed by atoms with van der Waals surface area (Å²) in [5.74, 6) is -1.67. The standard InChI is InChI=1S/C18H14FN3O4S/c1-11-2-4-12(5-3-11)15-10-27-18(20-15)21-17(23)9-26-16-7-6-13(22(24)25)8-14(16)19/h2-8,10H,9H2,1H3,(H,20,21,23). The molecule has 3 rings (SSSR count). The minimum Gasteiger partial charge on any atom is -0.481 e. The molecule has 1 aromatic heterocycles. The zero-order valence-electron chi connectivity index (χ0n) is 14.1. The predicted molar refractivity (Wildman–Crippen MR) is 99.5 cm³/mol. The number of nitrogens with zero attached hydrogens (tertiary/aromatic N) is 2. The Morgan fingerprint density at radius 1 is 1.30 bits per heavy atom. The number of rotatable bonds is 6. The van der Waals surface area contributed by atoms with Gasteiger partial charge in [-0.3, -0.25) is 20.2 Å². The van der Waals surface area contributed by atoms with E-state index in [2.05, 4.69) is 10.3 Å². The normalized spacial score (nSPS) is 10.4. The molecule has 9 heteroatoms. The molecule has 0 aliphatic heterocycles. The molecule has 3 aromatic rings. The zero-order chi connectivity index (χ0) is 19.4. The van der Waals surface area contributed by atoms with E-state index in [1.165, 1.54) is 11.3 Å². The van der Waals surface area contributed by atoms with Crippen LogP contribution >= 0.6 is 11.3 Å². The van der Waals surface area contributed by atoms with Gasteiger partial charge >= 0.3 is 0 Å². The highest BCUT2D eigenvalue weighted by atomic mass is 32.1. The summed E-state index contributed by atoms with van der Waals surface area (Å²) in [7, 11) is 0. The average molecular weight is 387 g/mol. The van der Waals surface area contributed by atoms with Crippen LogP contribution in [0.1, 0.15) is 5.56 Å². The smallest absolute Gasteiger partial charge is 0.272 e. The molecule has 0 spiro atoms. The van der Waals surface area contributed by atoms with Gasteiger partial charge in [0.2, 0.25) is 0 Å². The van der Waals surface area contributed by atoms with E-state index in [4.69, 9.17) is 4.74 Å². The van der Waals surface area contributed by atoms with Crippen LogP contribution in [0.15, 0.2) is 47.8 Å². The van der Waals surface area contributed by atoms with E-state index in [-0.39, 0.29) is 5.75 Å². The van der Waals surface area contributed by atoms with Gasteiger partial charge in [-0.15, -0.1) is 11.3 Å². The summed E-state index contributed by atoms with van der Waals surface area (Å²) in [5.41, 5.74) is 2.41. The lowest BCUT2D eigenvalue weighted by atomic mass is 10.1. The molecule has 0 bridgehead atoms. The van der Waals surface area contributed by atoms with Crippen molar-refractivity contribution in [2.75, 3.05) is 11.9 Å². The van der Waals surface area contributed by atoms with Crippen molar-refractivity contribution in [2.24, 2.45) is 0 Å². The lowest BCUT2D eigenvalue weighted by Gasteiger charge is -2.06. The third-order valence-corrected chi connectivity index (χ3v) is 4.34. The molecule has 2 aromatic carbocycles. The predicted octanol–water partition coefficient (Wildman–Crippen LogP) is 4.18. The number of ether oxygens (including phenoxy) is 1. The Bertz CT molecular complexity index is 989. The first-order valence-electron chi connectivity index (χ1n) is 7.81. The summed E-state index contributed by atoms with van der Waals surface area (Å²) >= 11 is 1.26. The number of hydrogen-bond acceptors (Lipinski definition) is 6. The van der Waals surface area contributed by atoms with Gasteiger partial charge in [-0.2, -0.15) is 0 Å². The Balaban J connectivity index is 1.58. The third kappa shape index (κ3) is 4.64. The second-order valence-electron chi connectivity index (χ2n) is 5.61. The number of halogens is 1. The molecule has 0 aliphatic carbocycles.